The predicted molar refractivity (Wildman–Crippen MR) is 256 cm³/mol. The Hall–Kier alpha value is -8.14. The SMILES string of the molecule is c1ccc(-c2ccccc2N(c2ccc3c(c2)C2(c4ccccc4Oc4ccccc42)c2cc4ccccc4cc2-3)c2ccc3c4ccccc4n(-c4ccccc4)c3c2)cc1. The number of benzene rings is 10. The van der Waals surface area contributed by atoms with Crippen LogP contribution in [0.4, 0.5) is 17.1 Å². The van der Waals surface area contributed by atoms with Gasteiger partial charge in [-0.25, -0.2) is 0 Å². The van der Waals surface area contributed by atoms with Crippen LogP contribution in [0.25, 0.3) is 60.5 Å². The number of para-hydroxylation sites is 5. The minimum absolute atomic E-state index is 0.634. The van der Waals surface area contributed by atoms with E-state index in [2.05, 4.69) is 240 Å². The molecule has 62 heavy (non-hydrogen) atoms. The molecule has 1 aliphatic carbocycles. The molecule has 1 aliphatic heterocycles. The molecule has 13 rings (SSSR count). The molecular formula is C59H38N2O. The van der Waals surface area contributed by atoms with Crippen LogP contribution in [0.15, 0.2) is 231 Å². The van der Waals surface area contributed by atoms with Crippen molar-refractivity contribution >= 4 is 49.6 Å². The molecule has 1 spiro atoms. The highest BCUT2D eigenvalue weighted by atomic mass is 16.5. The second-order valence-corrected chi connectivity index (χ2v) is 16.4. The molecule has 0 N–H and O–H groups in total. The Balaban J connectivity index is 1.13. The van der Waals surface area contributed by atoms with Gasteiger partial charge in [0.05, 0.1) is 22.1 Å². The van der Waals surface area contributed by atoms with Gasteiger partial charge in [0, 0.05) is 44.5 Å². The zero-order valence-corrected chi connectivity index (χ0v) is 33.7. The molecule has 0 amide bonds. The summed E-state index contributed by atoms with van der Waals surface area (Å²) in [7, 11) is 0. The van der Waals surface area contributed by atoms with E-state index in [1.54, 1.807) is 0 Å². The number of ether oxygens (including phenoxy) is 1. The number of hydrogen-bond donors (Lipinski definition) is 0. The molecule has 10 aromatic carbocycles. The Morgan fingerprint density at radius 1 is 0.371 bits per heavy atom. The van der Waals surface area contributed by atoms with E-state index in [0.717, 1.165) is 62.0 Å². The van der Waals surface area contributed by atoms with Gasteiger partial charge in [-0.3, -0.25) is 0 Å². The Morgan fingerprint density at radius 2 is 0.952 bits per heavy atom. The van der Waals surface area contributed by atoms with Crippen LogP contribution < -0.4 is 9.64 Å². The average Bonchev–Trinajstić information content (AvgIpc) is 3.81. The summed E-state index contributed by atoms with van der Waals surface area (Å²) >= 11 is 0. The van der Waals surface area contributed by atoms with Crippen molar-refractivity contribution in [3.05, 3.63) is 253 Å². The molecule has 290 valence electrons. The largest absolute Gasteiger partial charge is 0.457 e. The van der Waals surface area contributed by atoms with Gasteiger partial charge < -0.3 is 14.2 Å². The van der Waals surface area contributed by atoms with Gasteiger partial charge in [0.15, 0.2) is 0 Å². The lowest BCUT2D eigenvalue weighted by Gasteiger charge is -2.40. The first kappa shape index (κ1) is 34.7. The van der Waals surface area contributed by atoms with Crippen LogP contribution >= 0.6 is 0 Å². The van der Waals surface area contributed by atoms with Gasteiger partial charge in [-0.15, -0.1) is 0 Å². The third kappa shape index (κ3) is 4.94. The standard InChI is InChI=1S/C59H38N2O/c1-3-17-39(18-4-1)45-23-9-13-27-54(45)60(44-32-34-48-47-24-10-14-28-55(47)61(56(48)38-44)42-21-5-2-6-22-42)43-31-33-46-49-35-40-19-7-8-20-41(40)36-52(49)59(53(46)37-43)50-25-11-15-29-57(50)62-58-30-16-12-26-51(58)59/h1-38H. The molecule has 1 aromatic heterocycles. The van der Waals surface area contributed by atoms with E-state index in [0.29, 0.717) is 0 Å². The van der Waals surface area contributed by atoms with E-state index < -0.39 is 5.41 Å². The normalized spacial score (nSPS) is 13.1. The molecule has 0 saturated heterocycles. The zero-order chi connectivity index (χ0) is 40.8. The number of rotatable bonds is 5. The molecule has 0 unspecified atom stereocenters. The maximum absolute atomic E-state index is 6.76. The lowest BCUT2D eigenvalue weighted by atomic mass is 9.66. The van der Waals surface area contributed by atoms with E-state index in [4.69, 9.17) is 4.74 Å². The van der Waals surface area contributed by atoms with Crippen LogP contribution in [0, 0.1) is 0 Å². The van der Waals surface area contributed by atoms with Crippen LogP contribution in [-0.2, 0) is 5.41 Å². The first-order valence-electron chi connectivity index (χ1n) is 21.3. The van der Waals surface area contributed by atoms with E-state index in [1.807, 2.05) is 0 Å². The zero-order valence-electron chi connectivity index (χ0n) is 33.7. The minimum atomic E-state index is -0.634. The van der Waals surface area contributed by atoms with Crippen LogP contribution in [0.1, 0.15) is 22.3 Å². The molecule has 0 fully saturated rings. The van der Waals surface area contributed by atoms with Crippen LogP contribution in [0.2, 0.25) is 0 Å². The third-order valence-electron chi connectivity index (χ3n) is 13.2. The minimum Gasteiger partial charge on any atom is -0.457 e. The number of aromatic nitrogens is 1. The first-order valence-corrected chi connectivity index (χ1v) is 21.3. The number of nitrogens with zero attached hydrogens (tertiary/aromatic N) is 2. The van der Waals surface area contributed by atoms with E-state index >= 15 is 0 Å². The smallest absolute Gasteiger partial charge is 0.132 e. The highest BCUT2D eigenvalue weighted by Crippen LogP contribution is 2.63. The van der Waals surface area contributed by atoms with Crippen molar-refractivity contribution in [2.75, 3.05) is 4.90 Å². The maximum Gasteiger partial charge on any atom is 0.132 e. The molecule has 3 nitrogen and oxygen atoms in total. The molecule has 2 heterocycles. The maximum atomic E-state index is 6.76. The number of anilines is 3. The van der Waals surface area contributed by atoms with Crippen LogP contribution in [-0.4, -0.2) is 4.57 Å². The Labute approximate surface area is 360 Å². The summed E-state index contributed by atoms with van der Waals surface area (Å²) in [5.74, 6) is 1.77. The second-order valence-electron chi connectivity index (χ2n) is 16.4. The lowest BCUT2D eigenvalue weighted by molar-refractivity contribution is 0.436. The molecule has 0 bridgehead atoms. The van der Waals surface area contributed by atoms with Crippen molar-refractivity contribution in [2.45, 2.75) is 5.41 Å². The molecule has 2 aliphatic rings. The quantitative estimate of drug-likeness (QED) is 0.173. The molecule has 0 saturated carbocycles. The second kappa shape index (κ2) is 13.4. The van der Waals surface area contributed by atoms with E-state index in [1.165, 1.54) is 49.3 Å². The summed E-state index contributed by atoms with van der Waals surface area (Å²) < 4.78 is 9.17. The summed E-state index contributed by atoms with van der Waals surface area (Å²) in [6, 6.07) is 84.1. The lowest BCUT2D eigenvalue weighted by Crippen LogP contribution is -2.32. The van der Waals surface area contributed by atoms with Crippen molar-refractivity contribution in [3.8, 4) is 39.4 Å². The highest BCUT2D eigenvalue weighted by Gasteiger charge is 2.51. The van der Waals surface area contributed by atoms with Gasteiger partial charge in [-0.05, 0) is 111 Å². The fourth-order valence-corrected chi connectivity index (χ4v) is 10.6. The van der Waals surface area contributed by atoms with Gasteiger partial charge >= 0.3 is 0 Å². The molecule has 0 atom stereocenters. The van der Waals surface area contributed by atoms with Gasteiger partial charge in [-0.2, -0.15) is 0 Å². The molecular weight excluding hydrogens is 753 g/mol. The molecule has 3 heteroatoms. The first-order chi connectivity index (χ1) is 30.8. The van der Waals surface area contributed by atoms with Crippen molar-refractivity contribution < 1.29 is 4.74 Å². The predicted octanol–water partition coefficient (Wildman–Crippen LogP) is 15.5. The van der Waals surface area contributed by atoms with E-state index in [9.17, 15) is 0 Å². The average molecular weight is 791 g/mol. The van der Waals surface area contributed by atoms with E-state index in [-0.39, 0.29) is 0 Å². The number of hydrogen-bond acceptors (Lipinski definition) is 2. The van der Waals surface area contributed by atoms with Crippen LogP contribution in [0.3, 0.4) is 0 Å². The monoisotopic (exact) mass is 790 g/mol. The molecule has 11 aromatic rings. The number of fused-ring (bicyclic) bond motifs is 13. The summed E-state index contributed by atoms with van der Waals surface area (Å²) in [5, 5.41) is 4.90. The fraction of sp³-hybridized carbons (Fsp3) is 0.0169. The van der Waals surface area contributed by atoms with Crippen molar-refractivity contribution in [1.29, 1.82) is 0 Å². The third-order valence-corrected chi connectivity index (χ3v) is 13.2. The summed E-state index contributed by atoms with van der Waals surface area (Å²) in [6.45, 7) is 0. The highest BCUT2D eigenvalue weighted by molar-refractivity contribution is 6.10. The van der Waals surface area contributed by atoms with Gasteiger partial charge in [-0.1, -0.05) is 158 Å². The Kier molecular flexibility index (Phi) is 7.52. The topological polar surface area (TPSA) is 17.4 Å². The summed E-state index contributed by atoms with van der Waals surface area (Å²) in [4.78, 5) is 2.47. The summed E-state index contributed by atoms with van der Waals surface area (Å²) in [5.41, 5.74) is 15.7. The Bertz CT molecular complexity index is 3520. The van der Waals surface area contributed by atoms with Gasteiger partial charge in [0.25, 0.3) is 0 Å². The van der Waals surface area contributed by atoms with Crippen LogP contribution in [0.5, 0.6) is 11.5 Å². The fourth-order valence-electron chi connectivity index (χ4n) is 10.6. The van der Waals surface area contributed by atoms with Gasteiger partial charge in [0.2, 0.25) is 0 Å². The van der Waals surface area contributed by atoms with Gasteiger partial charge in [0.1, 0.15) is 11.5 Å². The molecule has 0 radical (unpaired) electrons. The Morgan fingerprint density at radius 3 is 1.74 bits per heavy atom. The summed E-state index contributed by atoms with van der Waals surface area (Å²) in [6.07, 6.45) is 0. The van der Waals surface area contributed by atoms with Crippen molar-refractivity contribution in [2.24, 2.45) is 0 Å². The van der Waals surface area contributed by atoms with Crippen molar-refractivity contribution in [1.82, 2.24) is 4.57 Å². The van der Waals surface area contributed by atoms with Crippen molar-refractivity contribution in [3.63, 3.8) is 0 Å².